The Kier molecular flexibility index (Phi) is 6.25. The summed E-state index contributed by atoms with van der Waals surface area (Å²) in [5.74, 6) is 0.612. The Balaban J connectivity index is 1.71. The van der Waals surface area contributed by atoms with Gasteiger partial charge in [-0.1, -0.05) is 44.2 Å². The van der Waals surface area contributed by atoms with Gasteiger partial charge in [-0.15, -0.1) is 11.3 Å². The number of rotatable bonds is 8. The lowest BCUT2D eigenvalue weighted by Gasteiger charge is -2.07. The van der Waals surface area contributed by atoms with Crippen molar-refractivity contribution in [2.45, 2.75) is 20.4 Å². The normalized spacial score (nSPS) is 11.2. The first kappa shape index (κ1) is 15.2. The van der Waals surface area contributed by atoms with Gasteiger partial charge in [0, 0.05) is 29.5 Å². The molecule has 2 aromatic rings. The van der Waals surface area contributed by atoms with Gasteiger partial charge in [0.2, 0.25) is 0 Å². The first-order valence-corrected chi connectivity index (χ1v) is 8.00. The van der Waals surface area contributed by atoms with Gasteiger partial charge in [-0.25, -0.2) is 0 Å². The number of hydrogen-bond donors (Lipinski definition) is 1. The molecule has 0 aliphatic rings. The van der Waals surface area contributed by atoms with Crippen molar-refractivity contribution in [2.75, 3.05) is 19.8 Å². The minimum absolute atomic E-state index is 0.612. The second kappa shape index (κ2) is 8.20. The molecule has 20 heavy (non-hydrogen) atoms. The number of benzene rings is 1. The molecule has 0 radical (unpaired) electrons. The molecular formula is C17H23NOS. The first-order chi connectivity index (χ1) is 9.75. The van der Waals surface area contributed by atoms with Gasteiger partial charge in [-0.3, -0.25) is 0 Å². The second-order valence-corrected chi connectivity index (χ2v) is 6.45. The fraction of sp³-hybridized carbons (Fsp3) is 0.412. The van der Waals surface area contributed by atoms with Crippen molar-refractivity contribution in [3.63, 3.8) is 0 Å². The number of ether oxygens (including phenoxy) is 1. The summed E-state index contributed by atoms with van der Waals surface area (Å²) in [4.78, 5) is 2.70. The Hall–Kier alpha value is -1.16. The van der Waals surface area contributed by atoms with Crippen LogP contribution in [-0.4, -0.2) is 19.8 Å². The maximum absolute atomic E-state index is 5.55. The molecule has 1 heterocycles. The Morgan fingerprint density at radius 3 is 2.65 bits per heavy atom. The van der Waals surface area contributed by atoms with E-state index in [-0.39, 0.29) is 0 Å². The van der Waals surface area contributed by atoms with Crippen LogP contribution in [0.2, 0.25) is 0 Å². The van der Waals surface area contributed by atoms with Crippen molar-refractivity contribution < 1.29 is 4.74 Å². The third-order valence-corrected chi connectivity index (χ3v) is 4.03. The topological polar surface area (TPSA) is 21.3 Å². The summed E-state index contributed by atoms with van der Waals surface area (Å²) in [5, 5.41) is 3.43. The highest BCUT2D eigenvalue weighted by Gasteiger charge is 2.02. The molecule has 0 aliphatic heterocycles. The summed E-state index contributed by atoms with van der Waals surface area (Å²) in [6, 6.07) is 14.9. The smallest absolute Gasteiger partial charge is 0.0591 e. The van der Waals surface area contributed by atoms with Gasteiger partial charge >= 0.3 is 0 Å². The Morgan fingerprint density at radius 1 is 1.10 bits per heavy atom. The van der Waals surface area contributed by atoms with E-state index in [1.807, 2.05) is 11.3 Å². The van der Waals surface area contributed by atoms with E-state index in [1.54, 1.807) is 0 Å². The van der Waals surface area contributed by atoms with Gasteiger partial charge in [0.05, 0.1) is 6.61 Å². The lowest BCUT2D eigenvalue weighted by atomic mass is 10.2. The van der Waals surface area contributed by atoms with Crippen molar-refractivity contribution in [3.8, 4) is 10.4 Å². The number of nitrogens with one attached hydrogen (secondary N) is 1. The molecule has 1 aromatic carbocycles. The summed E-state index contributed by atoms with van der Waals surface area (Å²) < 4.78 is 5.55. The molecule has 0 saturated carbocycles. The van der Waals surface area contributed by atoms with Crippen LogP contribution in [0.4, 0.5) is 0 Å². The first-order valence-electron chi connectivity index (χ1n) is 7.18. The van der Waals surface area contributed by atoms with Crippen LogP contribution in [0.3, 0.4) is 0 Å². The van der Waals surface area contributed by atoms with E-state index >= 15 is 0 Å². The minimum atomic E-state index is 0.612. The van der Waals surface area contributed by atoms with Crippen molar-refractivity contribution >= 4 is 11.3 Å². The molecule has 0 atom stereocenters. The van der Waals surface area contributed by atoms with Crippen LogP contribution < -0.4 is 5.32 Å². The monoisotopic (exact) mass is 289 g/mol. The van der Waals surface area contributed by atoms with Gasteiger partial charge in [-0.05, 0) is 23.6 Å². The van der Waals surface area contributed by atoms with E-state index in [1.165, 1.54) is 15.3 Å². The predicted molar refractivity (Wildman–Crippen MR) is 87.1 cm³/mol. The van der Waals surface area contributed by atoms with Gasteiger partial charge < -0.3 is 10.1 Å². The maximum Gasteiger partial charge on any atom is 0.0591 e. The quantitative estimate of drug-likeness (QED) is 0.736. The van der Waals surface area contributed by atoms with E-state index in [0.29, 0.717) is 5.92 Å². The van der Waals surface area contributed by atoms with Crippen LogP contribution in [0.15, 0.2) is 42.5 Å². The highest BCUT2D eigenvalue weighted by molar-refractivity contribution is 7.15. The maximum atomic E-state index is 5.55. The van der Waals surface area contributed by atoms with Crippen LogP contribution in [0.5, 0.6) is 0 Å². The number of hydrogen-bond acceptors (Lipinski definition) is 3. The van der Waals surface area contributed by atoms with Crippen LogP contribution in [0.1, 0.15) is 18.7 Å². The zero-order chi connectivity index (χ0) is 14.2. The molecular weight excluding hydrogens is 266 g/mol. The molecule has 0 unspecified atom stereocenters. The van der Waals surface area contributed by atoms with Crippen molar-refractivity contribution in [1.82, 2.24) is 5.32 Å². The molecule has 0 saturated heterocycles. The van der Waals surface area contributed by atoms with Gasteiger partial charge in [0.25, 0.3) is 0 Å². The molecule has 1 aromatic heterocycles. The fourth-order valence-electron chi connectivity index (χ4n) is 1.91. The third-order valence-electron chi connectivity index (χ3n) is 2.89. The molecule has 0 spiro atoms. The average Bonchev–Trinajstić information content (AvgIpc) is 2.92. The zero-order valence-electron chi connectivity index (χ0n) is 12.3. The predicted octanol–water partition coefficient (Wildman–Crippen LogP) is 4.18. The average molecular weight is 289 g/mol. The lowest BCUT2D eigenvalue weighted by molar-refractivity contribution is 0.111. The van der Waals surface area contributed by atoms with Crippen molar-refractivity contribution in [3.05, 3.63) is 47.3 Å². The van der Waals surface area contributed by atoms with E-state index in [4.69, 9.17) is 4.74 Å². The van der Waals surface area contributed by atoms with E-state index in [0.717, 1.165) is 26.3 Å². The third kappa shape index (κ3) is 5.08. The van der Waals surface area contributed by atoms with Crippen LogP contribution in [0.25, 0.3) is 10.4 Å². The molecule has 3 heteroatoms. The molecule has 0 bridgehead atoms. The molecule has 1 N–H and O–H groups in total. The fourth-order valence-corrected chi connectivity index (χ4v) is 2.89. The summed E-state index contributed by atoms with van der Waals surface area (Å²) in [7, 11) is 0. The summed E-state index contributed by atoms with van der Waals surface area (Å²) in [6.07, 6.45) is 0. The highest BCUT2D eigenvalue weighted by Crippen LogP contribution is 2.27. The zero-order valence-corrected chi connectivity index (χ0v) is 13.1. The molecule has 2 rings (SSSR count). The van der Waals surface area contributed by atoms with Crippen molar-refractivity contribution in [2.24, 2.45) is 5.92 Å². The van der Waals surface area contributed by atoms with Gasteiger partial charge in [-0.2, -0.15) is 0 Å². The van der Waals surface area contributed by atoms with Gasteiger partial charge in [0.1, 0.15) is 0 Å². The van der Waals surface area contributed by atoms with E-state index in [2.05, 4.69) is 61.6 Å². The van der Waals surface area contributed by atoms with Gasteiger partial charge in [0.15, 0.2) is 0 Å². The Morgan fingerprint density at radius 2 is 1.90 bits per heavy atom. The second-order valence-electron chi connectivity index (χ2n) is 5.28. The van der Waals surface area contributed by atoms with Crippen LogP contribution in [0, 0.1) is 5.92 Å². The molecule has 2 nitrogen and oxygen atoms in total. The number of thiophene rings is 1. The standard InChI is InChI=1S/C17H23NOS/c1-14(2)13-19-11-10-18-12-16-8-9-17(20-16)15-6-4-3-5-7-15/h3-9,14,18H,10-13H2,1-2H3. The van der Waals surface area contributed by atoms with Crippen LogP contribution in [-0.2, 0) is 11.3 Å². The molecule has 0 fully saturated rings. The summed E-state index contributed by atoms with van der Waals surface area (Å²) in [6.45, 7) is 7.80. The minimum Gasteiger partial charge on any atom is -0.380 e. The lowest BCUT2D eigenvalue weighted by Crippen LogP contribution is -2.19. The summed E-state index contributed by atoms with van der Waals surface area (Å²) in [5.41, 5.74) is 1.30. The van der Waals surface area contributed by atoms with Crippen molar-refractivity contribution in [1.29, 1.82) is 0 Å². The van der Waals surface area contributed by atoms with Crippen LogP contribution >= 0.6 is 11.3 Å². The summed E-state index contributed by atoms with van der Waals surface area (Å²) >= 11 is 1.85. The SMILES string of the molecule is CC(C)COCCNCc1ccc(-c2ccccc2)s1. The highest BCUT2D eigenvalue weighted by atomic mass is 32.1. The van der Waals surface area contributed by atoms with E-state index < -0.39 is 0 Å². The largest absolute Gasteiger partial charge is 0.380 e. The Bertz CT molecular complexity index is 493. The molecule has 108 valence electrons. The molecule has 0 aliphatic carbocycles. The Labute approximate surface area is 125 Å². The van der Waals surface area contributed by atoms with E-state index in [9.17, 15) is 0 Å². The molecule has 0 amide bonds.